The molecule has 1 saturated heterocycles. The number of likely N-dealkylation sites (tertiary alicyclic amines) is 1. The fourth-order valence-electron chi connectivity index (χ4n) is 3.68. The average molecular weight is 428 g/mol. The number of benzene rings is 1. The van der Waals surface area contributed by atoms with Crippen LogP contribution in [0.25, 0.3) is 5.52 Å². The summed E-state index contributed by atoms with van der Waals surface area (Å²) >= 11 is 5.87. The Morgan fingerprint density at radius 1 is 1.23 bits per heavy atom. The second-order valence-corrected chi connectivity index (χ2v) is 8.00. The van der Waals surface area contributed by atoms with E-state index in [0.29, 0.717) is 48.6 Å². The first-order valence-electron chi connectivity index (χ1n) is 9.81. The highest BCUT2D eigenvalue weighted by Gasteiger charge is 2.26. The van der Waals surface area contributed by atoms with Gasteiger partial charge in [-0.2, -0.15) is 5.10 Å². The van der Waals surface area contributed by atoms with Gasteiger partial charge in [0.2, 0.25) is 5.91 Å². The predicted molar refractivity (Wildman–Crippen MR) is 113 cm³/mol. The molecule has 1 aliphatic heterocycles. The molecule has 0 saturated carbocycles. The van der Waals surface area contributed by atoms with Gasteiger partial charge in [0.25, 0.3) is 11.5 Å². The van der Waals surface area contributed by atoms with E-state index in [1.807, 2.05) is 12.1 Å². The van der Waals surface area contributed by atoms with Gasteiger partial charge in [-0.05, 0) is 37.5 Å². The molecule has 1 aromatic carbocycles. The lowest BCUT2D eigenvalue weighted by molar-refractivity contribution is -0.121. The molecule has 2 amide bonds. The number of fused-ring (bicyclic) bond motifs is 1. The minimum absolute atomic E-state index is 0.0282. The summed E-state index contributed by atoms with van der Waals surface area (Å²) in [5, 5.41) is 7.94. The third kappa shape index (κ3) is 4.38. The molecular formula is C21H22ClN5O3. The van der Waals surface area contributed by atoms with E-state index in [2.05, 4.69) is 15.4 Å². The first-order valence-corrected chi connectivity index (χ1v) is 10.2. The average Bonchev–Trinajstić information content (AvgIpc) is 3.14. The molecule has 0 aliphatic carbocycles. The third-order valence-electron chi connectivity index (χ3n) is 5.24. The smallest absolute Gasteiger partial charge is 0.274 e. The molecule has 0 bridgehead atoms. The molecule has 9 heteroatoms. The summed E-state index contributed by atoms with van der Waals surface area (Å²) in [5.74, 6) is -0.251. The Bertz CT molecular complexity index is 1140. The van der Waals surface area contributed by atoms with Gasteiger partial charge in [-0.1, -0.05) is 23.7 Å². The fraction of sp³-hybridized carbons (Fsp3) is 0.333. The summed E-state index contributed by atoms with van der Waals surface area (Å²) < 4.78 is 1.44. The maximum Gasteiger partial charge on any atom is 0.274 e. The number of piperidine rings is 1. The molecule has 0 unspecified atom stereocenters. The Labute approximate surface area is 177 Å². The molecule has 0 spiro atoms. The highest BCUT2D eigenvalue weighted by Crippen LogP contribution is 2.15. The summed E-state index contributed by atoms with van der Waals surface area (Å²) in [5.41, 5.74) is 1.89. The van der Waals surface area contributed by atoms with Crippen molar-refractivity contribution < 1.29 is 9.59 Å². The van der Waals surface area contributed by atoms with E-state index < -0.39 is 0 Å². The molecule has 2 aromatic heterocycles. The lowest BCUT2D eigenvalue weighted by Gasteiger charge is -2.32. The number of aryl methyl sites for hydroxylation is 1. The van der Waals surface area contributed by atoms with Crippen molar-refractivity contribution in [1.29, 1.82) is 0 Å². The van der Waals surface area contributed by atoms with Gasteiger partial charge in [0, 0.05) is 42.1 Å². The van der Waals surface area contributed by atoms with Crippen molar-refractivity contribution >= 4 is 28.9 Å². The van der Waals surface area contributed by atoms with Crippen molar-refractivity contribution in [3.05, 3.63) is 68.9 Å². The van der Waals surface area contributed by atoms with Crippen LogP contribution in [0, 0.1) is 6.92 Å². The molecule has 2 N–H and O–H groups in total. The number of carbonyl (C=O) groups excluding carboxylic acids is 2. The number of amides is 2. The van der Waals surface area contributed by atoms with Crippen LogP contribution in [0.15, 0.2) is 41.3 Å². The van der Waals surface area contributed by atoms with Crippen LogP contribution in [-0.4, -0.2) is 50.4 Å². The summed E-state index contributed by atoms with van der Waals surface area (Å²) in [6.07, 6.45) is 3.32. The zero-order valence-electron chi connectivity index (χ0n) is 16.5. The SMILES string of the molecule is Cc1cn2nc(C(=O)N3CCC(NC(=O)Cc4ccc(Cl)cc4)CC3)cc2c(=O)[nH]1. The Hall–Kier alpha value is -3.13. The lowest BCUT2D eigenvalue weighted by Crippen LogP contribution is -2.47. The summed E-state index contributed by atoms with van der Waals surface area (Å²) in [7, 11) is 0. The molecule has 0 atom stereocenters. The van der Waals surface area contributed by atoms with Crippen molar-refractivity contribution in [2.24, 2.45) is 0 Å². The van der Waals surface area contributed by atoms with Crippen LogP contribution in [0.2, 0.25) is 5.02 Å². The Kier molecular flexibility index (Phi) is 5.59. The van der Waals surface area contributed by atoms with E-state index >= 15 is 0 Å². The zero-order valence-corrected chi connectivity index (χ0v) is 17.3. The second-order valence-electron chi connectivity index (χ2n) is 7.56. The number of nitrogens with one attached hydrogen (secondary N) is 2. The largest absolute Gasteiger partial charge is 0.353 e. The Morgan fingerprint density at radius 3 is 2.63 bits per heavy atom. The van der Waals surface area contributed by atoms with E-state index in [9.17, 15) is 14.4 Å². The third-order valence-corrected chi connectivity index (χ3v) is 5.49. The van der Waals surface area contributed by atoms with Gasteiger partial charge in [0.05, 0.1) is 6.42 Å². The van der Waals surface area contributed by atoms with Crippen LogP contribution in [0.1, 0.15) is 34.6 Å². The van der Waals surface area contributed by atoms with Crippen LogP contribution < -0.4 is 10.9 Å². The first-order chi connectivity index (χ1) is 14.4. The molecule has 8 nitrogen and oxygen atoms in total. The summed E-state index contributed by atoms with van der Waals surface area (Å²) in [6, 6.07) is 8.75. The van der Waals surface area contributed by atoms with Crippen molar-refractivity contribution in [2.45, 2.75) is 32.2 Å². The van der Waals surface area contributed by atoms with Crippen molar-refractivity contribution in [1.82, 2.24) is 24.8 Å². The maximum atomic E-state index is 12.8. The molecule has 3 heterocycles. The van der Waals surface area contributed by atoms with Gasteiger partial charge in [0.1, 0.15) is 5.52 Å². The first kappa shape index (κ1) is 20.2. The van der Waals surface area contributed by atoms with Crippen LogP contribution in [0.4, 0.5) is 0 Å². The molecule has 3 aromatic rings. The van der Waals surface area contributed by atoms with E-state index in [-0.39, 0.29) is 29.1 Å². The van der Waals surface area contributed by atoms with E-state index in [1.54, 1.807) is 30.2 Å². The molecule has 1 aliphatic rings. The maximum absolute atomic E-state index is 12.8. The lowest BCUT2D eigenvalue weighted by atomic mass is 10.0. The predicted octanol–water partition coefficient (Wildman–Crippen LogP) is 1.95. The van der Waals surface area contributed by atoms with Crippen molar-refractivity contribution in [3.8, 4) is 0 Å². The molecule has 156 valence electrons. The van der Waals surface area contributed by atoms with Crippen molar-refractivity contribution in [3.63, 3.8) is 0 Å². The van der Waals surface area contributed by atoms with Gasteiger partial charge in [-0.15, -0.1) is 0 Å². The monoisotopic (exact) mass is 427 g/mol. The minimum atomic E-state index is -0.274. The number of rotatable bonds is 4. The normalized spacial score (nSPS) is 14.8. The van der Waals surface area contributed by atoms with Gasteiger partial charge in [-0.3, -0.25) is 14.4 Å². The summed E-state index contributed by atoms with van der Waals surface area (Å²) in [4.78, 5) is 41.5. The molecule has 0 radical (unpaired) electrons. The van der Waals surface area contributed by atoms with E-state index in [4.69, 9.17) is 11.6 Å². The summed E-state index contributed by atoms with van der Waals surface area (Å²) in [6.45, 7) is 2.80. The minimum Gasteiger partial charge on any atom is -0.353 e. The van der Waals surface area contributed by atoms with Gasteiger partial charge >= 0.3 is 0 Å². The second kappa shape index (κ2) is 8.31. The number of aromatic amines is 1. The van der Waals surface area contributed by atoms with Crippen molar-refractivity contribution in [2.75, 3.05) is 13.1 Å². The standard InChI is InChI=1S/C21H22ClN5O3/c1-13-12-27-18(20(29)23-13)11-17(25-27)21(30)26-8-6-16(7-9-26)24-19(28)10-14-2-4-15(22)5-3-14/h2-5,11-12,16H,6-10H2,1H3,(H,23,29)(H,24,28). The van der Waals surface area contributed by atoms with Gasteiger partial charge in [-0.25, -0.2) is 4.52 Å². The van der Waals surface area contributed by atoms with E-state index in [1.165, 1.54) is 10.6 Å². The fourth-order valence-corrected chi connectivity index (χ4v) is 3.81. The highest BCUT2D eigenvalue weighted by atomic mass is 35.5. The molecular weight excluding hydrogens is 406 g/mol. The molecule has 1 fully saturated rings. The quantitative estimate of drug-likeness (QED) is 0.664. The number of carbonyl (C=O) groups is 2. The van der Waals surface area contributed by atoms with Crippen LogP contribution >= 0.6 is 11.6 Å². The molecule has 30 heavy (non-hydrogen) atoms. The van der Waals surface area contributed by atoms with E-state index in [0.717, 1.165) is 5.56 Å². The zero-order chi connectivity index (χ0) is 21.3. The van der Waals surface area contributed by atoms with Gasteiger partial charge in [0.15, 0.2) is 5.69 Å². The topological polar surface area (TPSA) is 99.6 Å². The Morgan fingerprint density at radius 2 is 1.93 bits per heavy atom. The van der Waals surface area contributed by atoms with Crippen LogP contribution in [-0.2, 0) is 11.2 Å². The number of H-pyrrole nitrogens is 1. The Balaban J connectivity index is 1.33. The number of hydrogen-bond donors (Lipinski definition) is 2. The highest BCUT2D eigenvalue weighted by molar-refractivity contribution is 6.30. The van der Waals surface area contributed by atoms with Crippen LogP contribution in [0.5, 0.6) is 0 Å². The number of aromatic nitrogens is 3. The van der Waals surface area contributed by atoms with Crippen LogP contribution in [0.3, 0.4) is 0 Å². The number of nitrogens with zero attached hydrogens (tertiary/aromatic N) is 3. The number of hydrogen-bond acceptors (Lipinski definition) is 4. The number of halogens is 1. The van der Waals surface area contributed by atoms with Gasteiger partial charge < -0.3 is 15.2 Å². The molecule has 4 rings (SSSR count).